The van der Waals surface area contributed by atoms with Gasteiger partial charge in [-0.2, -0.15) is 12.6 Å². The van der Waals surface area contributed by atoms with Crippen LogP contribution in [0.25, 0.3) is 0 Å². The predicted molar refractivity (Wildman–Crippen MR) is 41.6 cm³/mol. The Morgan fingerprint density at radius 3 is 2.67 bits per heavy atom. The second-order valence-corrected chi connectivity index (χ2v) is 2.73. The maximum Gasteiger partial charge on any atom is 0.153 e. The van der Waals surface area contributed by atoms with Crippen molar-refractivity contribution in [2.45, 2.75) is 12.7 Å². The third kappa shape index (κ3) is 1.30. The van der Waals surface area contributed by atoms with Gasteiger partial charge < -0.3 is 4.52 Å². The minimum atomic E-state index is 0.663. The summed E-state index contributed by atoms with van der Waals surface area (Å²) in [6.45, 7) is 1.86. The molecule has 1 rings (SSSR count). The highest BCUT2D eigenvalue weighted by molar-refractivity contribution is 9.10. The number of hydrogen-bond acceptors (Lipinski definition) is 3. The highest BCUT2D eigenvalue weighted by Crippen LogP contribution is 2.19. The number of aryl methyl sites for hydroxylation is 1. The molecule has 0 radical (unpaired) electrons. The van der Waals surface area contributed by atoms with Crippen LogP contribution in [-0.2, 0) is 5.75 Å². The first-order valence-electron chi connectivity index (χ1n) is 2.47. The molecule has 0 spiro atoms. The third-order valence-electron chi connectivity index (χ3n) is 1.09. The fourth-order valence-corrected chi connectivity index (χ4v) is 1.62. The fourth-order valence-electron chi connectivity index (χ4n) is 0.541. The molecule has 0 aromatic carbocycles. The van der Waals surface area contributed by atoms with Crippen molar-refractivity contribution < 1.29 is 4.52 Å². The molecule has 0 saturated carbocycles. The minimum Gasteiger partial charge on any atom is -0.360 e. The molecular weight excluding hydrogens is 202 g/mol. The van der Waals surface area contributed by atoms with Gasteiger partial charge in [-0.3, -0.25) is 0 Å². The number of hydrogen-bond donors (Lipinski definition) is 1. The lowest BCUT2D eigenvalue weighted by Crippen LogP contribution is -1.76. The standard InChI is InChI=1S/C5H6BrNOS/c1-3-4(2-9)5(6)7-8-3/h9H,2H2,1H3. The van der Waals surface area contributed by atoms with E-state index >= 15 is 0 Å². The molecule has 0 amide bonds. The molecule has 9 heavy (non-hydrogen) atoms. The van der Waals surface area contributed by atoms with E-state index in [2.05, 4.69) is 33.7 Å². The topological polar surface area (TPSA) is 26.0 Å². The van der Waals surface area contributed by atoms with E-state index in [0.717, 1.165) is 15.9 Å². The summed E-state index contributed by atoms with van der Waals surface area (Å²) in [6, 6.07) is 0. The molecule has 1 aromatic heterocycles. The van der Waals surface area contributed by atoms with E-state index in [-0.39, 0.29) is 0 Å². The van der Waals surface area contributed by atoms with E-state index in [9.17, 15) is 0 Å². The summed E-state index contributed by atoms with van der Waals surface area (Å²) < 4.78 is 5.60. The van der Waals surface area contributed by atoms with E-state index in [1.165, 1.54) is 0 Å². The highest BCUT2D eigenvalue weighted by Gasteiger charge is 2.06. The Morgan fingerprint density at radius 2 is 2.44 bits per heavy atom. The zero-order valence-corrected chi connectivity index (χ0v) is 7.37. The monoisotopic (exact) mass is 207 g/mol. The Bertz CT molecular complexity index is 191. The van der Waals surface area contributed by atoms with Crippen LogP contribution in [0.4, 0.5) is 0 Å². The van der Waals surface area contributed by atoms with Crippen molar-refractivity contribution >= 4 is 28.6 Å². The second-order valence-electron chi connectivity index (χ2n) is 1.67. The van der Waals surface area contributed by atoms with Gasteiger partial charge in [0.15, 0.2) is 4.60 Å². The van der Waals surface area contributed by atoms with Crippen LogP contribution in [0.5, 0.6) is 0 Å². The Hall–Kier alpha value is 0.0400. The summed E-state index contributed by atoms with van der Waals surface area (Å²) in [5.41, 5.74) is 1.03. The van der Waals surface area contributed by atoms with Gasteiger partial charge in [-0.05, 0) is 22.9 Å². The Labute approximate surface area is 67.1 Å². The summed E-state index contributed by atoms with van der Waals surface area (Å²) in [6.07, 6.45) is 0. The van der Waals surface area contributed by atoms with Crippen LogP contribution in [0.1, 0.15) is 11.3 Å². The molecule has 0 aliphatic heterocycles. The summed E-state index contributed by atoms with van der Waals surface area (Å²) in [5, 5.41) is 3.68. The van der Waals surface area contributed by atoms with E-state index in [1.807, 2.05) is 6.92 Å². The first kappa shape index (κ1) is 7.15. The summed E-state index contributed by atoms with van der Waals surface area (Å²) in [5.74, 6) is 1.49. The molecule has 0 N–H and O–H groups in total. The van der Waals surface area contributed by atoms with Gasteiger partial charge >= 0.3 is 0 Å². The van der Waals surface area contributed by atoms with Gasteiger partial charge in [0.1, 0.15) is 5.76 Å². The Balaban J connectivity index is 3.07. The largest absolute Gasteiger partial charge is 0.360 e. The molecule has 0 atom stereocenters. The average Bonchev–Trinajstić information content (AvgIpc) is 2.12. The van der Waals surface area contributed by atoms with Gasteiger partial charge in [-0.1, -0.05) is 5.16 Å². The molecule has 1 heterocycles. The van der Waals surface area contributed by atoms with Crippen LogP contribution < -0.4 is 0 Å². The van der Waals surface area contributed by atoms with Gasteiger partial charge in [0.05, 0.1) is 0 Å². The van der Waals surface area contributed by atoms with E-state index in [0.29, 0.717) is 5.75 Å². The summed E-state index contributed by atoms with van der Waals surface area (Å²) in [7, 11) is 0. The zero-order chi connectivity index (χ0) is 6.85. The number of halogens is 1. The van der Waals surface area contributed by atoms with E-state index < -0.39 is 0 Å². The second kappa shape index (κ2) is 2.75. The molecule has 0 fully saturated rings. The van der Waals surface area contributed by atoms with E-state index in [4.69, 9.17) is 4.52 Å². The lowest BCUT2D eigenvalue weighted by molar-refractivity contribution is 0.393. The quantitative estimate of drug-likeness (QED) is 0.715. The van der Waals surface area contributed by atoms with E-state index in [1.54, 1.807) is 0 Å². The summed E-state index contributed by atoms with van der Waals surface area (Å²) in [4.78, 5) is 0. The van der Waals surface area contributed by atoms with Crippen LogP contribution in [0.2, 0.25) is 0 Å². The number of nitrogens with zero attached hydrogens (tertiary/aromatic N) is 1. The molecule has 0 unspecified atom stereocenters. The van der Waals surface area contributed by atoms with Crippen molar-refractivity contribution in [1.29, 1.82) is 0 Å². The van der Waals surface area contributed by atoms with Crippen molar-refractivity contribution in [3.8, 4) is 0 Å². The third-order valence-corrected chi connectivity index (χ3v) is 2.03. The molecular formula is C5H6BrNOS. The van der Waals surface area contributed by atoms with Crippen molar-refractivity contribution in [2.24, 2.45) is 0 Å². The van der Waals surface area contributed by atoms with Crippen LogP contribution in [0.15, 0.2) is 9.13 Å². The molecule has 0 aliphatic carbocycles. The zero-order valence-electron chi connectivity index (χ0n) is 4.89. The van der Waals surface area contributed by atoms with Crippen molar-refractivity contribution in [3.63, 3.8) is 0 Å². The van der Waals surface area contributed by atoms with Crippen LogP contribution in [0, 0.1) is 6.92 Å². The van der Waals surface area contributed by atoms with Crippen LogP contribution in [-0.4, -0.2) is 5.16 Å². The number of thiol groups is 1. The molecule has 0 saturated heterocycles. The van der Waals surface area contributed by atoms with Crippen LogP contribution >= 0.6 is 28.6 Å². The molecule has 0 bridgehead atoms. The molecule has 0 aliphatic rings. The fraction of sp³-hybridized carbons (Fsp3) is 0.400. The lowest BCUT2D eigenvalue weighted by Gasteiger charge is -1.86. The lowest BCUT2D eigenvalue weighted by atomic mass is 10.3. The molecule has 50 valence electrons. The Kier molecular flexibility index (Phi) is 2.18. The molecule has 4 heteroatoms. The molecule has 2 nitrogen and oxygen atoms in total. The average molecular weight is 208 g/mol. The van der Waals surface area contributed by atoms with Gasteiger partial charge in [0.2, 0.25) is 0 Å². The SMILES string of the molecule is Cc1onc(Br)c1CS. The summed E-state index contributed by atoms with van der Waals surface area (Å²) >= 11 is 7.31. The van der Waals surface area contributed by atoms with Crippen LogP contribution in [0.3, 0.4) is 0 Å². The minimum absolute atomic E-state index is 0.663. The first-order valence-corrected chi connectivity index (χ1v) is 3.89. The Morgan fingerprint density at radius 1 is 1.78 bits per heavy atom. The van der Waals surface area contributed by atoms with Crippen molar-refractivity contribution in [2.75, 3.05) is 0 Å². The maximum absolute atomic E-state index is 4.84. The highest BCUT2D eigenvalue weighted by atomic mass is 79.9. The normalized spacial score (nSPS) is 10.1. The van der Waals surface area contributed by atoms with Crippen molar-refractivity contribution in [3.05, 3.63) is 15.9 Å². The maximum atomic E-state index is 4.84. The molecule has 1 aromatic rings. The predicted octanol–water partition coefficient (Wildman–Crippen LogP) is 2.18. The van der Waals surface area contributed by atoms with Crippen molar-refractivity contribution in [1.82, 2.24) is 5.16 Å². The smallest absolute Gasteiger partial charge is 0.153 e. The first-order chi connectivity index (χ1) is 4.25. The van der Waals surface area contributed by atoms with Gasteiger partial charge in [-0.25, -0.2) is 0 Å². The number of aromatic nitrogens is 1. The van der Waals surface area contributed by atoms with Gasteiger partial charge in [-0.15, -0.1) is 0 Å². The number of rotatable bonds is 1. The van der Waals surface area contributed by atoms with Gasteiger partial charge in [0, 0.05) is 11.3 Å². The van der Waals surface area contributed by atoms with Gasteiger partial charge in [0.25, 0.3) is 0 Å².